The standard InChI is InChI=1S/C8H8BrF2NO/c1-4-3-5(7(10)11)12-8(13-2)6(4)9/h3,7H,1-2H3. The molecule has 1 heterocycles. The lowest BCUT2D eigenvalue weighted by molar-refractivity contribution is 0.145. The molecule has 5 heteroatoms. The number of aryl methyl sites for hydroxylation is 1. The summed E-state index contributed by atoms with van der Waals surface area (Å²) < 4.78 is 30.0. The Hall–Kier alpha value is -0.710. The van der Waals surface area contributed by atoms with Gasteiger partial charge in [-0.25, -0.2) is 13.8 Å². The highest BCUT2D eigenvalue weighted by molar-refractivity contribution is 9.10. The van der Waals surface area contributed by atoms with Crippen LogP contribution >= 0.6 is 15.9 Å². The molecule has 0 fully saturated rings. The van der Waals surface area contributed by atoms with Crippen LogP contribution in [0.4, 0.5) is 8.78 Å². The zero-order valence-corrected chi connectivity index (χ0v) is 8.73. The monoisotopic (exact) mass is 251 g/mol. The summed E-state index contributed by atoms with van der Waals surface area (Å²) in [7, 11) is 1.39. The normalized spacial score (nSPS) is 10.6. The number of rotatable bonds is 2. The average molecular weight is 252 g/mol. The molecule has 0 saturated carbocycles. The van der Waals surface area contributed by atoms with Crippen molar-refractivity contribution in [3.63, 3.8) is 0 Å². The lowest BCUT2D eigenvalue weighted by Crippen LogP contribution is -1.97. The fourth-order valence-electron chi connectivity index (χ4n) is 0.900. The van der Waals surface area contributed by atoms with Gasteiger partial charge in [-0.15, -0.1) is 0 Å². The summed E-state index contributed by atoms with van der Waals surface area (Å²) in [6, 6.07) is 1.33. The lowest BCUT2D eigenvalue weighted by Gasteiger charge is -2.07. The van der Waals surface area contributed by atoms with E-state index in [0.29, 0.717) is 10.0 Å². The van der Waals surface area contributed by atoms with Crippen LogP contribution in [0.25, 0.3) is 0 Å². The first-order valence-electron chi connectivity index (χ1n) is 3.55. The maximum atomic E-state index is 12.3. The number of methoxy groups -OCH3 is 1. The van der Waals surface area contributed by atoms with Crippen LogP contribution in [-0.4, -0.2) is 12.1 Å². The van der Waals surface area contributed by atoms with Gasteiger partial charge < -0.3 is 4.74 Å². The van der Waals surface area contributed by atoms with Gasteiger partial charge in [0.2, 0.25) is 5.88 Å². The van der Waals surface area contributed by atoms with Crippen molar-refractivity contribution in [2.75, 3.05) is 7.11 Å². The minimum atomic E-state index is -2.57. The van der Waals surface area contributed by atoms with Gasteiger partial charge in [0.1, 0.15) is 5.69 Å². The van der Waals surface area contributed by atoms with Gasteiger partial charge in [-0.05, 0) is 34.5 Å². The van der Waals surface area contributed by atoms with Crippen LogP contribution in [-0.2, 0) is 0 Å². The first-order valence-corrected chi connectivity index (χ1v) is 4.34. The molecule has 0 aromatic carbocycles. The van der Waals surface area contributed by atoms with E-state index in [4.69, 9.17) is 4.74 Å². The van der Waals surface area contributed by atoms with Crippen molar-refractivity contribution in [3.05, 3.63) is 21.8 Å². The first kappa shape index (κ1) is 10.4. The van der Waals surface area contributed by atoms with Crippen LogP contribution in [0.2, 0.25) is 0 Å². The number of halogens is 3. The molecule has 0 bridgehead atoms. The predicted octanol–water partition coefficient (Wildman–Crippen LogP) is 3.10. The van der Waals surface area contributed by atoms with Crippen LogP contribution < -0.4 is 4.74 Å². The number of ether oxygens (including phenoxy) is 1. The third-order valence-corrected chi connectivity index (χ3v) is 2.51. The van der Waals surface area contributed by atoms with Crippen molar-refractivity contribution in [1.29, 1.82) is 0 Å². The van der Waals surface area contributed by atoms with Gasteiger partial charge in [0.25, 0.3) is 6.43 Å². The van der Waals surface area contributed by atoms with Crippen molar-refractivity contribution in [1.82, 2.24) is 4.98 Å². The molecule has 0 radical (unpaired) electrons. The summed E-state index contributed by atoms with van der Waals surface area (Å²) >= 11 is 3.19. The Bertz CT molecular complexity index is 317. The smallest absolute Gasteiger partial charge is 0.280 e. The summed E-state index contributed by atoms with van der Waals surface area (Å²) in [6.45, 7) is 1.71. The summed E-state index contributed by atoms with van der Waals surface area (Å²) in [5, 5.41) is 0. The topological polar surface area (TPSA) is 22.1 Å². The Labute approximate surface area is 83.1 Å². The van der Waals surface area contributed by atoms with Gasteiger partial charge in [0.15, 0.2) is 0 Å². The highest BCUT2D eigenvalue weighted by Gasteiger charge is 2.14. The maximum absolute atomic E-state index is 12.3. The second kappa shape index (κ2) is 4.00. The van der Waals surface area contributed by atoms with Crippen molar-refractivity contribution >= 4 is 15.9 Å². The molecule has 0 atom stereocenters. The molecule has 0 aliphatic heterocycles. The zero-order valence-electron chi connectivity index (χ0n) is 7.14. The molecule has 72 valence electrons. The molecule has 2 nitrogen and oxygen atoms in total. The number of nitrogens with zero attached hydrogens (tertiary/aromatic N) is 1. The molecule has 13 heavy (non-hydrogen) atoms. The fraction of sp³-hybridized carbons (Fsp3) is 0.375. The van der Waals surface area contributed by atoms with Gasteiger partial charge in [0.05, 0.1) is 11.6 Å². The number of aromatic nitrogens is 1. The SMILES string of the molecule is COc1nc(C(F)F)cc(C)c1Br. The minimum Gasteiger partial charge on any atom is -0.480 e. The van der Waals surface area contributed by atoms with Crippen LogP contribution in [0, 0.1) is 6.92 Å². The molecule has 0 N–H and O–H groups in total. The average Bonchev–Trinajstić information content (AvgIpc) is 2.09. The van der Waals surface area contributed by atoms with Crippen molar-refractivity contribution in [2.45, 2.75) is 13.3 Å². The van der Waals surface area contributed by atoms with E-state index in [1.54, 1.807) is 6.92 Å². The Kier molecular flexibility index (Phi) is 3.19. The van der Waals surface area contributed by atoms with Gasteiger partial charge in [-0.2, -0.15) is 0 Å². The van der Waals surface area contributed by atoms with E-state index in [9.17, 15) is 8.78 Å². The summed E-state index contributed by atoms with van der Waals surface area (Å²) in [6.07, 6.45) is -2.57. The Morgan fingerprint density at radius 2 is 2.15 bits per heavy atom. The maximum Gasteiger partial charge on any atom is 0.280 e. The zero-order chi connectivity index (χ0) is 10.0. The summed E-state index contributed by atoms with van der Waals surface area (Å²) in [4.78, 5) is 3.63. The van der Waals surface area contributed by atoms with E-state index >= 15 is 0 Å². The summed E-state index contributed by atoms with van der Waals surface area (Å²) in [5.74, 6) is 0.190. The van der Waals surface area contributed by atoms with E-state index in [2.05, 4.69) is 20.9 Å². The van der Waals surface area contributed by atoms with Gasteiger partial charge in [-0.3, -0.25) is 0 Å². The Morgan fingerprint density at radius 1 is 1.54 bits per heavy atom. The van der Waals surface area contributed by atoms with E-state index in [1.807, 2.05) is 0 Å². The molecule has 0 saturated heterocycles. The number of pyridine rings is 1. The Balaban J connectivity index is 3.22. The second-order valence-corrected chi connectivity index (χ2v) is 3.28. The second-order valence-electron chi connectivity index (χ2n) is 2.49. The van der Waals surface area contributed by atoms with Gasteiger partial charge in [-0.1, -0.05) is 0 Å². The highest BCUT2D eigenvalue weighted by Crippen LogP contribution is 2.29. The van der Waals surface area contributed by atoms with E-state index < -0.39 is 6.43 Å². The quantitative estimate of drug-likeness (QED) is 0.806. The molecule has 0 aliphatic rings. The minimum absolute atomic E-state index is 0.190. The number of hydrogen-bond acceptors (Lipinski definition) is 2. The molecule has 0 amide bonds. The summed E-state index contributed by atoms with van der Waals surface area (Å²) in [5.41, 5.74) is 0.416. The van der Waals surface area contributed by atoms with Crippen LogP contribution in [0.3, 0.4) is 0 Å². The van der Waals surface area contributed by atoms with Gasteiger partial charge in [0, 0.05) is 0 Å². The van der Waals surface area contributed by atoms with E-state index in [1.165, 1.54) is 13.2 Å². The first-order chi connectivity index (χ1) is 6.06. The number of hydrogen-bond donors (Lipinski definition) is 0. The number of alkyl halides is 2. The van der Waals surface area contributed by atoms with Crippen molar-refractivity contribution < 1.29 is 13.5 Å². The Morgan fingerprint density at radius 3 is 2.62 bits per heavy atom. The predicted molar refractivity (Wildman–Crippen MR) is 48.2 cm³/mol. The molecular weight excluding hydrogens is 244 g/mol. The lowest BCUT2D eigenvalue weighted by atomic mass is 10.2. The molecule has 1 aromatic rings. The highest BCUT2D eigenvalue weighted by atomic mass is 79.9. The largest absolute Gasteiger partial charge is 0.480 e. The van der Waals surface area contributed by atoms with Crippen LogP contribution in [0.1, 0.15) is 17.7 Å². The molecule has 0 unspecified atom stereocenters. The molecule has 1 rings (SSSR count). The molecule has 0 spiro atoms. The molecule has 0 aliphatic carbocycles. The van der Waals surface area contributed by atoms with Crippen LogP contribution in [0.5, 0.6) is 5.88 Å². The third-order valence-electron chi connectivity index (χ3n) is 1.55. The third kappa shape index (κ3) is 2.15. The van der Waals surface area contributed by atoms with Gasteiger partial charge >= 0.3 is 0 Å². The molecular formula is C8H8BrF2NO. The van der Waals surface area contributed by atoms with Crippen molar-refractivity contribution in [2.24, 2.45) is 0 Å². The molecule has 1 aromatic heterocycles. The fourth-order valence-corrected chi connectivity index (χ4v) is 1.26. The van der Waals surface area contributed by atoms with Crippen molar-refractivity contribution in [3.8, 4) is 5.88 Å². The van der Waals surface area contributed by atoms with Crippen LogP contribution in [0.15, 0.2) is 10.5 Å². The van der Waals surface area contributed by atoms with E-state index in [-0.39, 0.29) is 11.6 Å². The van der Waals surface area contributed by atoms with E-state index in [0.717, 1.165) is 0 Å².